The van der Waals surface area contributed by atoms with E-state index in [1.165, 1.54) is 11.9 Å². The van der Waals surface area contributed by atoms with Crippen LogP contribution in [0.25, 0.3) is 0 Å². The van der Waals surface area contributed by atoms with Gasteiger partial charge in [0.05, 0.1) is 12.1 Å². The highest BCUT2D eigenvalue weighted by molar-refractivity contribution is 5.80. The number of likely N-dealkylation sites (N-methyl/N-ethyl adjacent to an activating group) is 2. The van der Waals surface area contributed by atoms with Crippen molar-refractivity contribution in [3.8, 4) is 0 Å². The average Bonchev–Trinajstić information content (AvgIpc) is 2.61. The summed E-state index contributed by atoms with van der Waals surface area (Å²) in [6.07, 6.45) is 0.803. The maximum atomic E-state index is 11.8. The Morgan fingerprint density at radius 3 is 2.50 bits per heavy atom. The third-order valence-electron chi connectivity index (χ3n) is 2.83. The minimum atomic E-state index is -1.01. The van der Waals surface area contributed by atoms with Crippen molar-refractivity contribution in [3.05, 3.63) is 0 Å². The number of amides is 2. The molecule has 1 aliphatic rings. The SMILES string of the molecule is CC1OCCC1N(C)C(=O)N(C)CC(=O)O. The molecule has 0 aromatic heterocycles. The summed E-state index contributed by atoms with van der Waals surface area (Å²) in [4.78, 5) is 25.1. The third-order valence-corrected chi connectivity index (χ3v) is 2.83. The van der Waals surface area contributed by atoms with E-state index in [0.717, 1.165) is 6.42 Å². The number of carbonyl (C=O) groups excluding carboxylic acids is 1. The van der Waals surface area contributed by atoms with Crippen LogP contribution < -0.4 is 0 Å². The normalized spacial score (nSPS) is 24.2. The molecule has 16 heavy (non-hydrogen) atoms. The summed E-state index contributed by atoms with van der Waals surface area (Å²) >= 11 is 0. The summed E-state index contributed by atoms with van der Waals surface area (Å²) < 4.78 is 5.37. The Morgan fingerprint density at radius 1 is 1.44 bits per heavy atom. The molecule has 6 nitrogen and oxygen atoms in total. The van der Waals surface area contributed by atoms with Crippen LogP contribution in [-0.2, 0) is 9.53 Å². The zero-order valence-corrected chi connectivity index (χ0v) is 9.84. The van der Waals surface area contributed by atoms with Crippen LogP contribution in [0.5, 0.6) is 0 Å². The van der Waals surface area contributed by atoms with Crippen molar-refractivity contribution in [2.24, 2.45) is 0 Å². The number of ether oxygens (including phenoxy) is 1. The molecule has 1 N–H and O–H groups in total. The molecule has 1 saturated heterocycles. The van der Waals surface area contributed by atoms with Crippen molar-refractivity contribution in [2.45, 2.75) is 25.5 Å². The Bertz CT molecular complexity index is 282. The van der Waals surface area contributed by atoms with E-state index in [9.17, 15) is 9.59 Å². The second kappa shape index (κ2) is 5.16. The van der Waals surface area contributed by atoms with Crippen LogP contribution in [-0.4, -0.2) is 66.3 Å². The van der Waals surface area contributed by atoms with E-state index in [-0.39, 0.29) is 24.7 Å². The Labute approximate surface area is 94.8 Å². The van der Waals surface area contributed by atoms with E-state index in [2.05, 4.69) is 0 Å². The van der Waals surface area contributed by atoms with Gasteiger partial charge in [0.2, 0.25) is 0 Å². The van der Waals surface area contributed by atoms with Gasteiger partial charge in [0.25, 0.3) is 0 Å². The van der Waals surface area contributed by atoms with Gasteiger partial charge in [-0.15, -0.1) is 0 Å². The van der Waals surface area contributed by atoms with Crippen molar-refractivity contribution >= 4 is 12.0 Å². The van der Waals surface area contributed by atoms with Crippen molar-refractivity contribution < 1.29 is 19.4 Å². The lowest BCUT2D eigenvalue weighted by Gasteiger charge is -2.30. The summed E-state index contributed by atoms with van der Waals surface area (Å²) in [6, 6.07) is -0.256. The fourth-order valence-corrected chi connectivity index (χ4v) is 1.91. The molecular formula is C10H18N2O4. The van der Waals surface area contributed by atoms with Crippen LogP contribution in [0.4, 0.5) is 4.79 Å². The van der Waals surface area contributed by atoms with Gasteiger partial charge in [-0.05, 0) is 13.3 Å². The number of rotatable bonds is 3. The van der Waals surface area contributed by atoms with Crippen LogP contribution in [0, 0.1) is 0 Å². The number of nitrogens with zero attached hydrogens (tertiary/aromatic N) is 2. The smallest absolute Gasteiger partial charge is 0.323 e. The minimum Gasteiger partial charge on any atom is -0.480 e. The van der Waals surface area contributed by atoms with Crippen LogP contribution in [0.2, 0.25) is 0 Å². The largest absolute Gasteiger partial charge is 0.480 e. The molecule has 0 bridgehead atoms. The fraction of sp³-hybridized carbons (Fsp3) is 0.800. The van der Waals surface area contributed by atoms with Crippen molar-refractivity contribution in [2.75, 3.05) is 27.2 Å². The van der Waals surface area contributed by atoms with Gasteiger partial charge in [-0.3, -0.25) is 4.79 Å². The highest BCUT2D eigenvalue weighted by Crippen LogP contribution is 2.18. The molecule has 0 aromatic carbocycles. The maximum Gasteiger partial charge on any atom is 0.323 e. The predicted octanol–water partition coefficient (Wildman–Crippen LogP) is 0.232. The first-order chi connectivity index (χ1) is 7.43. The van der Waals surface area contributed by atoms with Crippen LogP contribution in [0.15, 0.2) is 0 Å². The minimum absolute atomic E-state index is 0.00665. The van der Waals surface area contributed by atoms with Crippen LogP contribution >= 0.6 is 0 Å². The van der Waals surface area contributed by atoms with Gasteiger partial charge in [0.1, 0.15) is 6.54 Å². The van der Waals surface area contributed by atoms with Gasteiger partial charge in [-0.2, -0.15) is 0 Å². The number of hydrogen-bond donors (Lipinski definition) is 1. The lowest BCUT2D eigenvalue weighted by Crippen LogP contribution is -2.48. The van der Waals surface area contributed by atoms with Crippen LogP contribution in [0.1, 0.15) is 13.3 Å². The highest BCUT2D eigenvalue weighted by Gasteiger charge is 2.32. The Balaban J connectivity index is 2.55. The number of carboxylic acid groups (broad SMARTS) is 1. The number of hydrogen-bond acceptors (Lipinski definition) is 3. The fourth-order valence-electron chi connectivity index (χ4n) is 1.91. The maximum absolute atomic E-state index is 11.8. The zero-order chi connectivity index (χ0) is 12.3. The van der Waals surface area contributed by atoms with E-state index in [1.807, 2.05) is 6.92 Å². The molecule has 0 aliphatic carbocycles. The molecule has 2 amide bonds. The standard InChI is InChI=1S/C10H18N2O4/c1-7-8(4-5-16-7)12(3)10(15)11(2)6-9(13)14/h7-8H,4-6H2,1-3H3,(H,13,14). The number of aliphatic carboxylic acids is 1. The second-order valence-corrected chi connectivity index (χ2v) is 4.08. The number of carbonyl (C=O) groups is 2. The molecular weight excluding hydrogens is 212 g/mol. The van der Waals surface area contributed by atoms with Crippen molar-refractivity contribution in [3.63, 3.8) is 0 Å². The van der Waals surface area contributed by atoms with Gasteiger partial charge < -0.3 is 19.6 Å². The van der Waals surface area contributed by atoms with E-state index in [0.29, 0.717) is 6.61 Å². The zero-order valence-electron chi connectivity index (χ0n) is 9.84. The predicted molar refractivity (Wildman–Crippen MR) is 57.2 cm³/mol. The lowest BCUT2D eigenvalue weighted by molar-refractivity contribution is -0.137. The van der Waals surface area contributed by atoms with Gasteiger partial charge in [0.15, 0.2) is 0 Å². The Morgan fingerprint density at radius 2 is 2.06 bits per heavy atom. The molecule has 1 fully saturated rings. The molecule has 0 spiro atoms. The molecule has 0 radical (unpaired) electrons. The summed E-state index contributed by atoms with van der Waals surface area (Å²) in [5.41, 5.74) is 0. The first kappa shape index (κ1) is 12.8. The molecule has 0 saturated carbocycles. The highest BCUT2D eigenvalue weighted by atomic mass is 16.5. The number of carboxylic acids is 1. The first-order valence-corrected chi connectivity index (χ1v) is 5.24. The average molecular weight is 230 g/mol. The summed E-state index contributed by atoms with van der Waals surface area (Å²) in [6.45, 7) is 2.27. The number of urea groups is 1. The second-order valence-electron chi connectivity index (χ2n) is 4.08. The Kier molecular flexibility index (Phi) is 4.12. The van der Waals surface area contributed by atoms with Crippen LogP contribution in [0.3, 0.4) is 0 Å². The molecule has 0 aromatic rings. The summed E-state index contributed by atoms with van der Waals surface area (Å²) in [5, 5.41) is 8.59. The topological polar surface area (TPSA) is 70.1 Å². The van der Waals surface area contributed by atoms with E-state index in [1.54, 1.807) is 11.9 Å². The molecule has 1 rings (SSSR count). The van der Waals surface area contributed by atoms with Gasteiger partial charge >= 0.3 is 12.0 Å². The molecule has 6 heteroatoms. The third kappa shape index (κ3) is 2.85. The van der Waals surface area contributed by atoms with E-state index in [4.69, 9.17) is 9.84 Å². The lowest BCUT2D eigenvalue weighted by atomic mass is 10.1. The summed E-state index contributed by atoms with van der Waals surface area (Å²) in [5.74, 6) is -1.01. The molecule has 1 heterocycles. The monoisotopic (exact) mass is 230 g/mol. The van der Waals surface area contributed by atoms with Gasteiger partial charge in [0, 0.05) is 20.7 Å². The molecule has 2 atom stereocenters. The van der Waals surface area contributed by atoms with E-state index >= 15 is 0 Å². The molecule has 1 aliphatic heterocycles. The first-order valence-electron chi connectivity index (χ1n) is 5.24. The van der Waals surface area contributed by atoms with Gasteiger partial charge in [-0.1, -0.05) is 0 Å². The Hall–Kier alpha value is -1.30. The van der Waals surface area contributed by atoms with E-state index < -0.39 is 5.97 Å². The molecule has 2 unspecified atom stereocenters. The van der Waals surface area contributed by atoms with Gasteiger partial charge in [-0.25, -0.2) is 4.79 Å². The van der Waals surface area contributed by atoms with Crippen molar-refractivity contribution in [1.82, 2.24) is 9.80 Å². The molecule has 92 valence electrons. The van der Waals surface area contributed by atoms with Crippen molar-refractivity contribution in [1.29, 1.82) is 0 Å². The quantitative estimate of drug-likeness (QED) is 0.753. The summed E-state index contributed by atoms with van der Waals surface area (Å²) in [7, 11) is 3.16.